The van der Waals surface area contributed by atoms with E-state index in [4.69, 9.17) is 0 Å². The lowest BCUT2D eigenvalue weighted by Gasteiger charge is -2.34. The van der Waals surface area contributed by atoms with Gasteiger partial charge in [-0.1, -0.05) is 0 Å². The van der Waals surface area contributed by atoms with Gasteiger partial charge in [0.05, 0.1) is 11.7 Å². The van der Waals surface area contributed by atoms with Crippen molar-refractivity contribution in [1.82, 2.24) is 14.9 Å². The summed E-state index contributed by atoms with van der Waals surface area (Å²) < 4.78 is 14.0. The van der Waals surface area contributed by atoms with Gasteiger partial charge in [-0.2, -0.15) is 0 Å². The third kappa shape index (κ3) is 3.96. The monoisotopic (exact) mass is 345 g/mol. The Balaban J connectivity index is 1.77. The molecule has 0 spiro atoms. The van der Waals surface area contributed by atoms with Crippen molar-refractivity contribution in [3.05, 3.63) is 42.2 Å². The van der Waals surface area contributed by atoms with Crippen molar-refractivity contribution in [2.24, 2.45) is 0 Å². The lowest BCUT2D eigenvalue weighted by Crippen LogP contribution is -2.41. The summed E-state index contributed by atoms with van der Waals surface area (Å²) in [5.41, 5.74) is 0.449. The van der Waals surface area contributed by atoms with Gasteiger partial charge in [0.25, 0.3) is 0 Å². The van der Waals surface area contributed by atoms with Crippen molar-refractivity contribution in [3.8, 4) is 0 Å². The topological polar surface area (TPSA) is 90.1 Å². The second kappa shape index (κ2) is 7.33. The Bertz CT molecular complexity index is 762. The molecule has 1 aromatic carbocycles. The third-order valence-electron chi connectivity index (χ3n) is 4.13. The highest BCUT2D eigenvalue weighted by molar-refractivity contribution is 5.92. The number of anilines is 2. The molecule has 3 rings (SSSR count). The molecule has 3 amide bonds. The summed E-state index contributed by atoms with van der Waals surface area (Å²) in [6.45, 7) is 1.94. The summed E-state index contributed by atoms with van der Waals surface area (Å²) in [7, 11) is 0. The lowest BCUT2D eigenvalue weighted by atomic mass is 10.0. The Morgan fingerprint density at radius 3 is 2.88 bits per heavy atom. The number of hydrogen-bond acceptors (Lipinski definition) is 3. The number of aromatic nitrogens is 2. The quantitative estimate of drug-likeness (QED) is 0.797. The Kier molecular flexibility index (Phi) is 4.97. The molecule has 0 bridgehead atoms. The van der Waals surface area contributed by atoms with Crippen LogP contribution in [0.1, 0.15) is 38.1 Å². The number of aromatic amines is 1. The standard InChI is InChI=1S/C17H20FN5O2/c1-11(24)21-12-5-6-13(18)14(10-12)22-17(25)23-9-3-2-4-15(23)16-19-7-8-20-16/h5-8,10,15H,2-4,9H2,1H3,(H,19,20)(H,21,24)(H,22,25). The first kappa shape index (κ1) is 16.9. The number of carbonyl (C=O) groups is 2. The van der Waals surface area contributed by atoms with Crippen molar-refractivity contribution in [1.29, 1.82) is 0 Å². The first-order chi connectivity index (χ1) is 12.0. The third-order valence-corrected chi connectivity index (χ3v) is 4.13. The van der Waals surface area contributed by atoms with Crippen molar-refractivity contribution in [3.63, 3.8) is 0 Å². The van der Waals surface area contributed by atoms with Crippen LogP contribution in [0.25, 0.3) is 0 Å². The zero-order chi connectivity index (χ0) is 17.8. The fourth-order valence-corrected chi connectivity index (χ4v) is 3.01. The SMILES string of the molecule is CC(=O)Nc1ccc(F)c(NC(=O)N2CCCCC2c2ncc[nH]2)c1. The number of piperidine rings is 1. The summed E-state index contributed by atoms with van der Waals surface area (Å²) in [6.07, 6.45) is 6.06. The Labute approximate surface area is 144 Å². The predicted molar refractivity (Wildman–Crippen MR) is 91.6 cm³/mol. The number of nitrogens with zero attached hydrogens (tertiary/aromatic N) is 2. The number of rotatable bonds is 3. The van der Waals surface area contributed by atoms with Gasteiger partial charge in [-0.25, -0.2) is 14.2 Å². The number of urea groups is 1. The minimum atomic E-state index is -0.561. The number of nitrogens with one attached hydrogen (secondary N) is 3. The van der Waals surface area contributed by atoms with E-state index >= 15 is 0 Å². The molecule has 1 atom stereocenters. The second-order valence-electron chi connectivity index (χ2n) is 5.99. The molecule has 0 radical (unpaired) electrons. The molecular weight excluding hydrogens is 325 g/mol. The first-order valence-corrected chi connectivity index (χ1v) is 8.18. The second-order valence-corrected chi connectivity index (χ2v) is 5.99. The molecular formula is C17H20FN5O2. The van der Waals surface area contributed by atoms with Crippen LogP contribution in [0.5, 0.6) is 0 Å². The fraction of sp³-hybridized carbons (Fsp3) is 0.353. The van der Waals surface area contributed by atoms with Gasteiger partial charge in [-0.15, -0.1) is 0 Å². The highest BCUT2D eigenvalue weighted by Gasteiger charge is 2.30. The molecule has 1 fully saturated rings. The van der Waals surface area contributed by atoms with Crippen LogP contribution in [-0.2, 0) is 4.79 Å². The number of halogens is 1. The van der Waals surface area contributed by atoms with Crippen molar-refractivity contribution >= 4 is 23.3 Å². The number of amides is 3. The Morgan fingerprint density at radius 1 is 1.32 bits per heavy atom. The van der Waals surface area contributed by atoms with Gasteiger partial charge >= 0.3 is 6.03 Å². The fourth-order valence-electron chi connectivity index (χ4n) is 3.01. The number of hydrogen-bond donors (Lipinski definition) is 3. The maximum Gasteiger partial charge on any atom is 0.322 e. The molecule has 1 aliphatic rings. The maximum absolute atomic E-state index is 14.0. The van der Waals surface area contributed by atoms with Crippen LogP contribution in [0.15, 0.2) is 30.6 Å². The zero-order valence-electron chi connectivity index (χ0n) is 13.9. The number of likely N-dealkylation sites (tertiary alicyclic amines) is 1. The van der Waals surface area contributed by atoms with Gasteiger partial charge < -0.3 is 20.5 Å². The van der Waals surface area contributed by atoms with E-state index < -0.39 is 5.82 Å². The molecule has 2 heterocycles. The van der Waals surface area contributed by atoms with Crippen LogP contribution in [-0.4, -0.2) is 33.4 Å². The minimum Gasteiger partial charge on any atom is -0.347 e. The molecule has 1 aromatic heterocycles. The smallest absolute Gasteiger partial charge is 0.322 e. The maximum atomic E-state index is 14.0. The van der Waals surface area contributed by atoms with Crippen LogP contribution in [0.4, 0.5) is 20.6 Å². The van der Waals surface area contributed by atoms with E-state index in [1.165, 1.54) is 25.1 Å². The average molecular weight is 345 g/mol. The molecule has 3 N–H and O–H groups in total. The number of H-pyrrole nitrogens is 1. The molecule has 0 aliphatic carbocycles. The van der Waals surface area contributed by atoms with Crippen LogP contribution in [0, 0.1) is 5.82 Å². The summed E-state index contributed by atoms with van der Waals surface area (Å²) in [4.78, 5) is 32.8. The highest BCUT2D eigenvalue weighted by Crippen LogP contribution is 2.30. The van der Waals surface area contributed by atoms with Gasteiger partial charge in [-0.05, 0) is 37.5 Å². The molecule has 0 saturated carbocycles. The van der Waals surface area contributed by atoms with E-state index in [0.717, 1.165) is 25.1 Å². The van der Waals surface area contributed by atoms with Crippen molar-refractivity contribution in [2.45, 2.75) is 32.2 Å². The minimum absolute atomic E-state index is 0.0278. The Morgan fingerprint density at radius 2 is 2.16 bits per heavy atom. The van der Waals surface area contributed by atoms with Crippen LogP contribution in [0.2, 0.25) is 0 Å². The van der Waals surface area contributed by atoms with Crippen LogP contribution >= 0.6 is 0 Å². The molecule has 1 aliphatic heterocycles. The van der Waals surface area contributed by atoms with E-state index in [-0.39, 0.29) is 23.7 Å². The first-order valence-electron chi connectivity index (χ1n) is 8.18. The molecule has 25 heavy (non-hydrogen) atoms. The molecule has 1 saturated heterocycles. The summed E-state index contributed by atoms with van der Waals surface area (Å²) >= 11 is 0. The van der Waals surface area contributed by atoms with Crippen molar-refractivity contribution < 1.29 is 14.0 Å². The van der Waals surface area contributed by atoms with E-state index in [1.807, 2.05) is 0 Å². The summed E-state index contributed by atoms with van der Waals surface area (Å²) in [5.74, 6) is -0.103. The molecule has 8 heteroatoms. The van der Waals surface area contributed by atoms with Gasteiger partial charge in [0, 0.05) is 31.5 Å². The van der Waals surface area contributed by atoms with Crippen LogP contribution < -0.4 is 10.6 Å². The predicted octanol–water partition coefficient (Wildman–Crippen LogP) is 3.27. The average Bonchev–Trinajstić information content (AvgIpc) is 3.12. The summed E-state index contributed by atoms with van der Waals surface area (Å²) in [6, 6.07) is 3.51. The van der Waals surface area contributed by atoms with Gasteiger partial charge in [0.15, 0.2) is 0 Å². The van der Waals surface area contributed by atoms with Crippen LogP contribution in [0.3, 0.4) is 0 Å². The zero-order valence-corrected chi connectivity index (χ0v) is 13.9. The largest absolute Gasteiger partial charge is 0.347 e. The van der Waals surface area contributed by atoms with E-state index in [2.05, 4.69) is 20.6 Å². The van der Waals surface area contributed by atoms with Gasteiger partial charge in [0.1, 0.15) is 11.6 Å². The molecule has 1 unspecified atom stereocenters. The molecule has 132 valence electrons. The summed E-state index contributed by atoms with van der Waals surface area (Å²) in [5, 5.41) is 5.18. The number of carbonyl (C=O) groups excluding carboxylic acids is 2. The lowest BCUT2D eigenvalue weighted by molar-refractivity contribution is -0.114. The van der Waals surface area contributed by atoms with E-state index in [9.17, 15) is 14.0 Å². The van der Waals surface area contributed by atoms with E-state index in [0.29, 0.717) is 12.2 Å². The number of benzene rings is 1. The normalized spacial score (nSPS) is 17.2. The Hall–Kier alpha value is -2.90. The van der Waals surface area contributed by atoms with Crippen molar-refractivity contribution in [2.75, 3.05) is 17.2 Å². The molecule has 7 nitrogen and oxygen atoms in total. The van der Waals surface area contributed by atoms with E-state index in [1.54, 1.807) is 17.3 Å². The van der Waals surface area contributed by atoms with Gasteiger partial charge in [-0.3, -0.25) is 4.79 Å². The number of imidazole rings is 1. The highest BCUT2D eigenvalue weighted by atomic mass is 19.1. The molecule has 2 aromatic rings. The van der Waals surface area contributed by atoms with Gasteiger partial charge in [0.2, 0.25) is 5.91 Å².